The fraction of sp³-hybridized carbons (Fsp3) is 0.588. The Labute approximate surface area is 126 Å². The fourth-order valence-electron chi connectivity index (χ4n) is 3.35. The van der Waals surface area contributed by atoms with E-state index in [-0.39, 0.29) is 6.10 Å². The van der Waals surface area contributed by atoms with E-state index in [1.54, 1.807) is 0 Å². The van der Waals surface area contributed by atoms with Crippen molar-refractivity contribution in [2.45, 2.75) is 51.8 Å². The van der Waals surface area contributed by atoms with E-state index in [9.17, 15) is 5.11 Å². The van der Waals surface area contributed by atoms with Gasteiger partial charge in [0.15, 0.2) is 0 Å². The summed E-state index contributed by atoms with van der Waals surface area (Å²) < 4.78 is 2.28. The number of hydrogen-bond acceptors (Lipinski definition) is 3. The summed E-state index contributed by atoms with van der Waals surface area (Å²) in [5.41, 5.74) is 2.30. The molecule has 0 radical (unpaired) electrons. The van der Waals surface area contributed by atoms with Crippen LogP contribution in [0.4, 0.5) is 0 Å². The molecule has 4 heteroatoms. The maximum Gasteiger partial charge on any atom is 0.123 e. The van der Waals surface area contributed by atoms with E-state index >= 15 is 0 Å². The number of aliphatic hydroxyl groups excluding tert-OH is 1. The maximum atomic E-state index is 9.55. The number of nitrogens with one attached hydrogen (secondary N) is 1. The van der Waals surface area contributed by atoms with E-state index in [1.807, 2.05) is 6.07 Å². The molecule has 1 saturated carbocycles. The molecule has 2 N–H and O–H groups in total. The van der Waals surface area contributed by atoms with Crippen molar-refractivity contribution in [3.8, 4) is 0 Å². The lowest BCUT2D eigenvalue weighted by Gasteiger charge is -2.25. The number of rotatable bonds is 5. The lowest BCUT2D eigenvalue weighted by atomic mass is 9.87. The van der Waals surface area contributed by atoms with Gasteiger partial charge in [-0.05, 0) is 57.2 Å². The van der Waals surface area contributed by atoms with Crippen LogP contribution < -0.4 is 5.32 Å². The molecule has 3 rings (SSSR count). The molecule has 0 aliphatic heterocycles. The Morgan fingerprint density at radius 3 is 2.76 bits per heavy atom. The first-order chi connectivity index (χ1) is 10.3. The van der Waals surface area contributed by atoms with Crippen LogP contribution in [-0.2, 0) is 13.1 Å². The van der Waals surface area contributed by atoms with Crippen LogP contribution in [-0.4, -0.2) is 27.3 Å². The summed E-state index contributed by atoms with van der Waals surface area (Å²) in [7, 11) is 0. The van der Waals surface area contributed by atoms with Crippen molar-refractivity contribution < 1.29 is 5.11 Å². The minimum absolute atomic E-state index is 0.0643. The highest BCUT2D eigenvalue weighted by atomic mass is 16.3. The lowest BCUT2D eigenvalue weighted by molar-refractivity contribution is 0.108. The van der Waals surface area contributed by atoms with Crippen molar-refractivity contribution in [3.05, 3.63) is 30.1 Å². The van der Waals surface area contributed by atoms with Gasteiger partial charge in [0, 0.05) is 6.54 Å². The van der Waals surface area contributed by atoms with Crippen LogP contribution in [0.15, 0.2) is 24.3 Å². The average molecular weight is 287 g/mol. The van der Waals surface area contributed by atoms with Gasteiger partial charge in [0.25, 0.3) is 0 Å². The van der Waals surface area contributed by atoms with E-state index in [0.29, 0.717) is 5.92 Å². The third-order valence-electron chi connectivity index (χ3n) is 4.58. The molecular formula is C17H25N3O. The van der Waals surface area contributed by atoms with Crippen molar-refractivity contribution in [2.24, 2.45) is 5.92 Å². The third kappa shape index (κ3) is 3.27. The number of para-hydroxylation sites is 2. The second kappa shape index (κ2) is 6.58. The molecule has 0 atom stereocenters. The number of aromatic nitrogens is 2. The highest BCUT2D eigenvalue weighted by Gasteiger charge is 2.19. The molecule has 0 bridgehead atoms. The number of fused-ring (bicyclic) bond motifs is 1. The highest BCUT2D eigenvalue weighted by molar-refractivity contribution is 5.75. The minimum Gasteiger partial charge on any atom is -0.393 e. The summed E-state index contributed by atoms with van der Waals surface area (Å²) in [5, 5.41) is 13.1. The van der Waals surface area contributed by atoms with E-state index in [4.69, 9.17) is 4.98 Å². The first kappa shape index (κ1) is 14.5. The Hall–Kier alpha value is -1.39. The Morgan fingerprint density at radius 1 is 1.24 bits per heavy atom. The fourth-order valence-corrected chi connectivity index (χ4v) is 3.35. The number of hydrogen-bond donors (Lipinski definition) is 2. The molecule has 0 unspecified atom stereocenters. The minimum atomic E-state index is -0.0643. The summed E-state index contributed by atoms with van der Waals surface area (Å²) in [6.07, 6.45) is 4.13. The Balaban J connectivity index is 1.60. The summed E-state index contributed by atoms with van der Waals surface area (Å²) >= 11 is 0. The number of aryl methyl sites for hydroxylation is 1. The SMILES string of the molecule is CCn1c(CNCC2CCC(O)CC2)nc2ccccc21. The molecule has 1 aromatic carbocycles. The molecule has 1 fully saturated rings. The number of nitrogens with zero attached hydrogens (tertiary/aromatic N) is 2. The zero-order chi connectivity index (χ0) is 14.7. The van der Waals surface area contributed by atoms with Gasteiger partial charge in [0.05, 0.1) is 23.7 Å². The summed E-state index contributed by atoms with van der Waals surface area (Å²) in [6.45, 7) is 4.97. The zero-order valence-electron chi connectivity index (χ0n) is 12.8. The van der Waals surface area contributed by atoms with Gasteiger partial charge in [-0.2, -0.15) is 0 Å². The smallest absolute Gasteiger partial charge is 0.123 e. The van der Waals surface area contributed by atoms with Gasteiger partial charge in [0.2, 0.25) is 0 Å². The third-order valence-corrected chi connectivity index (χ3v) is 4.58. The summed E-state index contributed by atoms with van der Waals surface area (Å²) in [6, 6.07) is 8.33. The molecule has 0 saturated heterocycles. The van der Waals surface area contributed by atoms with E-state index in [0.717, 1.165) is 56.7 Å². The topological polar surface area (TPSA) is 50.1 Å². The van der Waals surface area contributed by atoms with Crippen molar-refractivity contribution in [1.29, 1.82) is 0 Å². The zero-order valence-corrected chi connectivity index (χ0v) is 12.8. The molecule has 1 aromatic heterocycles. The Kier molecular flexibility index (Phi) is 4.56. The molecule has 0 amide bonds. The molecule has 21 heavy (non-hydrogen) atoms. The summed E-state index contributed by atoms with van der Waals surface area (Å²) in [4.78, 5) is 4.74. The first-order valence-electron chi connectivity index (χ1n) is 8.11. The van der Waals surface area contributed by atoms with Crippen LogP contribution in [0.25, 0.3) is 11.0 Å². The van der Waals surface area contributed by atoms with Gasteiger partial charge in [-0.15, -0.1) is 0 Å². The number of benzene rings is 1. The molecular weight excluding hydrogens is 262 g/mol. The predicted molar refractivity (Wildman–Crippen MR) is 85.1 cm³/mol. The first-order valence-corrected chi connectivity index (χ1v) is 8.11. The second-order valence-corrected chi connectivity index (χ2v) is 6.07. The summed E-state index contributed by atoms with van der Waals surface area (Å²) in [5.74, 6) is 1.82. The van der Waals surface area contributed by atoms with Crippen LogP contribution in [0.2, 0.25) is 0 Å². The Bertz CT molecular complexity index is 585. The van der Waals surface area contributed by atoms with Crippen molar-refractivity contribution in [1.82, 2.24) is 14.9 Å². The number of aliphatic hydroxyl groups is 1. The van der Waals surface area contributed by atoms with E-state index in [1.165, 1.54) is 5.52 Å². The molecule has 114 valence electrons. The highest BCUT2D eigenvalue weighted by Crippen LogP contribution is 2.23. The van der Waals surface area contributed by atoms with Gasteiger partial charge in [0.1, 0.15) is 5.82 Å². The molecule has 1 aliphatic rings. The van der Waals surface area contributed by atoms with E-state index in [2.05, 4.69) is 35.0 Å². The Morgan fingerprint density at radius 2 is 2.00 bits per heavy atom. The standard InChI is InChI=1S/C17H25N3O/c1-2-20-16-6-4-3-5-15(16)19-17(20)12-18-11-13-7-9-14(21)10-8-13/h3-6,13-14,18,21H,2,7-12H2,1H3. The quantitative estimate of drug-likeness (QED) is 0.889. The monoisotopic (exact) mass is 287 g/mol. The van der Waals surface area contributed by atoms with Crippen LogP contribution in [0.5, 0.6) is 0 Å². The number of imidazole rings is 1. The van der Waals surface area contributed by atoms with Crippen LogP contribution in [0, 0.1) is 5.92 Å². The average Bonchev–Trinajstić information content (AvgIpc) is 2.86. The largest absolute Gasteiger partial charge is 0.393 e. The van der Waals surface area contributed by atoms with Gasteiger partial charge >= 0.3 is 0 Å². The normalized spacial score (nSPS) is 22.8. The molecule has 4 nitrogen and oxygen atoms in total. The van der Waals surface area contributed by atoms with Crippen LogP contribution in [0.3, 0.4) is 0 Å². The van der Waals surface area contributed by atoms with Gasteiger partial charge in [-0.25, -0.2) is 4.98 Å². The predicted octanol–water partition coefficient (Wildman–Crippen LogP) is 2.70. The molecule has 1 aliphatic carbocycles. The van der Waals surface area contributed by atoms with Gasteiger partial charge < -0.3 is 15.0 Å². The maximum absolute atomic E-state index is 9.55. The molecule has 1 heterocycles. The van der Waals surface area contributed by atoms with Crippen LogP contribution in [0.1, 0.15) is 38.4 Å². The van der Waals surface area contributed by atoms with Crippen molar-refractivity contribution in [3.63, 3.8) is 0 Å². The van der Waals surface area contributed by atoms with Gasteiger partial charge in [-0.3, -0.25) is 0 Å². The second-order valence-electron chi connectivity index (χ2n) is 6.07. The molecule has 2 aromatic rings. The van der Waals surface area contributed by atoms with E-state index < -0.39 is 0 Å². The van der Waals surface area contributed by atoms with Crippen molar-refractivity contribution in [2.75, 3.05) is 6.54 Å². The van der Waals surface area contributed by atoms with Crippen LogP contribution >= 0.6 is 0 Å². The van der Waals surface area contributed by atoms with Gasteiger partial charge in [-0.1, -0.05) is 12.1 Å². The lowest BCUT2D eigenvalue weighted by Crippen LogP contribution is -2.28. The van der Waals surface area contributed by atoms with Crippen molar-refractivity contribution >= 4 is 11.0 Å². The molecule has 0 spiro atoms.